The maximum atomic E-state index is 11.4. The molecule has 0 aliphatic carbocycles. The first-order valence-corrected chi connectivity index (χ1v) is 7.54. The predicted molar refractivity (Wildman–Crippen MR) is 60.2 cm³/mol. The topological polar surface area (TPSA) is 51.4 Å². The van der Waals surface area contributed by atoms with Crippen molar-refractivity contribution in [1.29, 1.82) is 0 Å². The van der Waals surface area contributed by atoms with Crippen LogP contribution in [0.4, 0.5) is 0 Å². The summed E-state index contributed by atoms with van der Waals surface area (Å²) in [6.45, 7) is 3.61. The fourth-order valence-corrected chi connectivity index (χ4v) is 3.96. The van der Waals surface area contributed by atoms with E-state index in [1.165, 1.54) is 11.3 Å². The molecule has 0 N–H and O–H groups in total. The molecule has 0 unspecified atom stereocenters. The molecule has 7 heteroatoms. The minimum absolute atomic E-state index is 0.0947. The normalized spacial score (nSPS) is 12.5. The van der Waals surface area contributed by atoms with Crippen molar-refractivity contribution in [3.8, 4) is 0 Å². The van der Waals surface area contributed by atoms with E-state index in [9.17, 15) is 8.42 Å². The van der Waals surface area contributed by atoms with Crippen LogP contribution in [0.2, 0.25) is 0 Å². The number of rotatable bonds is 2. The summed E-state index contributed by atoms with van der Waals surface area (Å²) in [6, 6.07) is 0. The van der Waals surface area contributed by atoms with E-state index in [1.54, 1.807) is 11.3 Å². The van der Waals surface area contributed by atoms with Gasteiger partial charge < -0.3 is 0 Å². The van der Waals surface area contributed by atoms with E-state index in [4.69, 9.17) is 10.7 Å². The van der Waals surface area contributed by atoms with Crippen molar-refractivity contribution in [2.45, 2.75) is 25.3 Å². The Morgan fingerprint density at radius 3 is 2.80 bits per heavy atom. The second-order valence-electron chi connectivity index (χ2n) is 3.14. The van der Waals surface area contributed by atoms with Gasteiger partial charge in [0.05, 0.1) is 5.69 Å². The quantitative estimate of drug-likeness (QED) is 0.782. The van der Waals surface area contributed by atoms with Crippen LogP contribution in [-0.4, -0.2) is 17.8 Å². The summed E-state index contributed by atoms with van der Waals surface area (Å²) in [7, 11) is 1.65. The highest BCUT2D eigenvalue weighted by Gasteiger charge is 2.23. The molecule has 15 heavy (non-hydrogen) atoms. The smallest absolute Gasteiger partial charge is 0.277 e. The van der Waals surface area contributed by atoms with Crippen molar-refractivity contribution in [2.75, 3.05) is 0 Å². The second kappa shape index (κ2) is 3.47. The zero-order chi connectivity index (χ0) is 11.2. The fourth-order valence-electron chi connectivity index (χ4n) is 1.52. The van der Waals surface area contributed by atoms with E-state index in [1.807, 2.05) is 12.3 Å². The van der Waals surface area contributed by atoms with Gasteiger partial charge in [0.1, 0.15) is 0 Å². The maximum absolute atomic E-state index is 11.4. The monoisotopic (exact) mass is 264 g/mol. The molecule has 0 bridgehead atoms. The molecule has 0 aliphatic rings. The highest BCUT2D eigenvalue weighted by Crippen LogP contribution is 2.26. The van der Waals surface area contributed by atoms with E-state index in [0.717, 1.165) is 12.1 Å². The third-order valence-corrected chi connectivity index (χ3v) is 4.40. The first-order valence-electron chi connectivity index (χ1n) is 4.35. The lowest BCUT2D eigenvalue weighted by molar-refractivity contribution is 0.603. The summed E-state index contributed by atoms with van der Waals surface area (Å²) in [5, 5.41) is 1.99. The number of thiazole rings is 1. The summed E-state index contributed by atoms with van der Waals surface area (Å²) in [5.41, 5.74) is 1.36. The van der Waals surface area contributed by atoms with Gasteiger partial charge >= 0.3 is 0 Å². The highest BCUT2D eigenvalue weighted by atomic mass is 35.7. The molecule has 82 valence electrons. The lowest BCUT2D eigenvalue weighted by Crippen LogP contribution is -2.00. The van der Waals surface area contributed by atoms with E-state index in [-0.39, 0.29) is 5.03 Å². The molecule has 4 nitrogen and oxygen atoms in total. The molecule has 0 fully saturated rings. The Bertz CT molecular complexity index is 612. The van der Waals surface area contributed by atoms with Crippen LogP contribution in [0.15, 0.2) is 10.4 Å². The van der Waals surface area contributed by atoms with Crippen LogP contribution in [0.3, 0.4) is 0 Å². The van der Waals surface area contributed by atoms with Crippen LogP contribution in [-0.2, 0) is 15.5 Å². The fraction of sp³-hybridized carbons (Fsp3) is 0.375. The van der Waals surface area contributed by atoms with Gasteiger partial charge in [-0.15, -0.1) is 11.3 Å². The van der Waals surface area contributed by atoms with Gasteiger partial charge in [0, 0.05) is 21.8 Å². The number of fused-ring (bicyclic) bond motifs is 1. The summed E-state index contributed by atoms with van der Waals surface area (Å²) >= 11 is 1.42. The molecule has 0 saturated carbocycles. The van der Waals surface area contributed by atoms with E-state index < -0.39 is 9.05 Å². The zero-order valence-electron chi connectivity index (χ0n) is 8.19. The molecule has 0 aromatic carbocycles. The molecule has 2 aromatic heterocycles. The average Bonchev–Trinajstić information content (AvgIpc) is 2.59. The van der Waals surface area contributed by atoms with Crippen molar-refractivity contribution in [3.63, 3.8) is 0 Å². The minimum atomic E-state index is -3.74. The molecule has 0 amide bonds. The minimum Gasteiger partial charge on any atom is -0.277 e. The SMILES string of the molecule is CCc1csc2nc(C)c(S(=O)(=O)Cl)n12. The van der Waals surface area contributed by atoms with Crippen molar-refractivity contribution in [3.05, 3.63) is 16.8 Å². The summed E-state index contributed by atoms with van der Waals surface area (Å²) in [6.07, 6.45) is 0.745. The van der Waals surface area contributed by atoms with Crippen molar-refractivity contribution in [1.82, 2.24) is 9.38 Å². The van der Waals surface area contributed by atoms with E-state index in [2.05, 4.69) is 4.98 Å². The van der Waals surface area contributed by atoms with Crippen LogP contribution in [0, 0.1) is 6.92 Å². The molecule has 0 spiro atoms. The van der Waals surface area contributed by atoms with Crippen molar-refractivity contribution >= 4 is 36.0 Å². The lowest BCUT2D eigenvalue weighted by Gasteiger charge is -1.99. The average molecular weight is 265 g/mol. The van der Waals surface area contributed by atoms with E-state index in [0.29, 0.717) is 10.7 Å². The first kappa shape index (κ1) is 10.9. The molecule has 2 heterocycles. The van der Waals surface area contributed by atoms with Gasteiger partial charge in [-0.1, -0.05) is 6.92 Å². The third kappa shape index (κ3) is 1.66. The molecule has 0 saturated heterocycles. The van der Waals surface area contributed by atoms with E-state index >= 15 is 0 Å². The first-order chi connectivity index (χ1) is 6.95. The van der Waals surface area contributed by atoms with Gasteiger partial charge in [0.2, 0.25) is 0 Å². The number of imidazole rings is 1. The number of aromatic nitrogens is 2. The van der Waals surface area contributed by atoms with Gasteiger partial charge in [-0.2, -0.15) is 0 Å². The molecule has 2 aromatic rings. The van der Waals surface area contributed by atoms with Gasteiger partial charge in [0.15, 0.2) is 9.99 Å². The maximum Gasteiger partial charge on any atom is 0.279 e. The Morgan fingerprint density at radius 2 is 2.27 bits per heavy atom. The van der Waals surface area contributed by atoms with Crippen molar-refractivity contribution in [2.24, 2.45) is 0 Å². The van der Waals surface area contributed by atoms with Gasteiger partial charge in [-0.25, -0.2) is 13.4 Å². The highest BCUT2D eigenvalue weighted by molar-refractivity contribution is 8.13. The van der Waals surface area contributed by atoms with Gasteiger partial charge in [0.25, 0.3) is 9.05 Å². The third-order valence-electron chi connectivity index (χ3n) is 2.15. The summed E-state index contributed by atoms with van der Waals surface area (Å²) < 4.78 is 24.4. The van der Waals surface area contributed by atoms with Crippen LogP contribution in [0.25, 0.3) is 4.96 Å². The number of halogens is 1. The summed E-state index contributed by atoms with van der Waals surface area (Å²) in [5.74, 6) is 0. The molecule has 0 radical (unpaired) electrons. The predicted octanol–water partition coefficient (Wildman–Crippen LogP) is 2.19. The van der Waals surface area contributed by atoms with Crippen LogP contribution < -0.4 is 0 Å². The number of hydrogen-bond donors (Lipinski definition) is 0. The van der Waals surface area contributed by atoms with Crippen LogP contribution >= 0.6 is 22.0 Å². The Hall–Kier alpha value is -0.590. The molecular formula is C8H9ClN2O2S2. The zero-order valence-corrected chi connectivity index (χ0v) is 10.6. The second-order valence-corrected chi connectivity index (χ2v) is 6.46. The summed E-state index contributed by atoms with van der Waals surface area (Å²) in [4.78, 5) is 4.84. The standard InChI is InChI=1S/C8H9ClN2O2S2/c1-3-6-4-14-8-10-5(2)7(11(6)8)15(9,12)13/h4H,3H2,1-2H3. The Kier molecular flexibility index (Phi) is 2.52. The number of hydrogen-bond acceptors (Lipinski definition) is 4. The molecular weight excluding hydrogens is 256 g/mol. The molecule has 0 atom stereocenters. The molecule has 2 rings (SSSR count). The van der Waals surface area contributed by atoms with Crippen LogP contribution in [0.1, 0.15) is 18.3 Å². The van der Waals surface area contributed by atoms with Crippen molar-refractivity contribution < 1.29 is 8.42 Å². The number of aryl methyl sites for hydroxylation is 2. The largest absolute Gasteiger partial charge is 0.279 e. The van der Waals surface area contributed by atoms with Gasteiger partial charge in [-0.3, -0.25) is 4.40 Å². The Morgan fingerprint density at radius 1 is 1.60 bits per heavy atom. The van der Waals surface area contributed by atoms with Crippen LogP contribution in [0.5, 0.6) is 0 Å². The lowest BCUT2D eigenvalue weighted by atomic mass is 10.4. The Labute approximate surface area is 95.9 Å². The number of nitrogens with zero attached hydrogens (tertiary/aromatic N) is 2. The molecule has 0 aliphatic heterocycles. The van der Waals surface area contributed by atoms with Gasteiger partial charge in [-0.05, 0) is 13.3 Å². The Balaban J connectivity index is 2.92.